The largest absolute Gasteiger partial charge is 0.507 e. The third kappa shape index (κ3) is 4.63. The van der Waals surface area contributed by atoms with Gasteiger partial charge in [0, 0.05) is 32.4 Å². The maximum absolute atomic E-state index is 11.8. The zero-order valence-corrected chi connectivity index (χ0v) is 12.5. The SMILES string of the molecule is CC(CS(C)=O)NC(=O)c1cc(I)ccc1O. The molecular formula is C11H14INO3S. The van der Waals surface area contributed by atoms with E-state index in [1.54, 1.807) is 25.3 Å². The molecule has 0 saturated carbocycles. The van der Waals surface area contributed by atoms with E-state index in [0.717, 1.165) is 3.57 Å². The molecule has 0 fully saturated rings. The number of amides is 1. The van der Waals surface area contributed by atoms with E-state index >= 15 is 0 Å². The number of phenols is 1. The first-order chi connectivity index (χ1) is 7.90. The Labute approximate surface area is 116 Å². The van der Waals surface area contributed by atoms with Gasteiger partial charge in [0.15, 0.2) is 0 Å². The van der Waals surface area contributed by atoms with Gasteiger partial charge in [-0.3, -0.25) is 9.00 Å². The molecule has 4 nitrogen and oxygen atoms in total. The zero-order valence-electron chi connectivity index (χ0n) is 9.57. The Morgan fingerprint density at radius 3 is 2.82 bits per heavy atom. The number of carbonyl (C=O) groups excluding carboxylic acids is 1. The summed E-state index contributed by atoms with van der Waals surface area (Å²) < 4.78 is 11.9. The van der Waals surface area contributed by atoms with Gasteiger partial charge < -0.3 is 10.4 Å². The molecule has 1 aromatic carbocycles. The topological polar surface area (TPSA) is 66.4 Å². The summed E-state index contributed by atoms with van der Waals surface area (Å²) in [6.45, 7) is 1.78. The van der Waals surface area contributed by atoms with Crippen LogP contribution in [-0.2, 0) is 10.8 Å². The summed E-state index contributed by atoms with van der Waals surface area (Å²) in [7, 11) is -0.957. The predicted octanol–water partition coefficient (Wildman–Crippen LogP) is 1.49. The molecule has 2 atom stereocenters. The molecule has 1 amide bonds. The van der Waals surface area contributed by atoms with Crippen molar-refractivity contribution in [3.05, 3.63) is 27.3 Å². The fraction of sp³-hybridized carbons (Fsp3) is 0.364. The standard InChI is InChI=1S/C11H14INO3S/c1-7(6-17(2)16)13-11(15)9-5-8(12)3-4-10(9)14/h3-5,7,14H,6H2,1-2H3,(H,13,15). The molecule has 0 bridgehead atoms. The van der Waals surface area contributed by atoms with Gasteiger partial charge in [0.1, 0.15) is 5.75 Å². The van der Waals surface area contributed by atoms with Gasteiger partial charge in [-0.25, -0.2) is 0 Å². The maximum Gasteiger partial charge on any atom is 0.255 e. The molecular weight excluding hydrogens is 353 g/mol. The van der Waals surface area contributed by atoms with Crippen LogP contribution in [0.3, 0.4) is 0 Å². The number of benzene rings is 1. The lowest BCUT2D eigenvalue weighted by atomic mass is 10.2. The predicted molar refractivity (Wildman–Crippen MR) is 76.7 cm³/mol. The van der Waals surface area contributed by atoms with Crippen LogP contribution in [-0.4, -0.2) is 33.3 Å². The van der Waals surface area contributed by atoms with Crippen LogP contribution in [0.25, 0.3) is 0 Å². The summed E-state index contributed by atoms with van der Waals surface area (Å²) >= 11 is 2.07. The Morgan fingerprint density at radius 2 is 2.24 bits per heavy atom. The van der Waals surface area contributed by atoms with Crippen LogP contribution < -0.4 is 5.32 Å². The summed E-state index contributed by atoms with van der Waals surface area (Å²) in [6.07, 6.45) is 1.59. The molecule has 0 aliphatic carbocycles. The van der Waals surface area contributed by atoms with Gasteiger partial charge in [0.05, 0.1) is 5.56 Å². The van der Waals surface area contributed by atoms with E-state index in [9.17, 15) is 14.1 Å². The van der Waals surface area contributed by atoms with Crippen LogP contribution in [0.5, 0.6) is 5.75 Å². The van der Waals surface area contributed by atoms with Crippen molar-refractivity contribution in [3.63, 3.8) is 0 Å². The van der Waals surface area contributed by atoms with E-state index in [0.29, 0.717) is 5.75 Å². The number of aromatic hydroxyl groups is 1. The normalized spacial score (nSPS) is 14.1. The molecule has 2 unspecified atom stereocenters. The van der Waals surface area contributed by atoms with Gasteiger partial charge in [-0.15, -0.1) is 0 Å². The van der Waals surface area contributed by atoms with Gasteiger partial charge in [0.2, 0.25) is 0 Å². The van der Waals surface area contributed by atoms with Crippen LogP contribution in [0.1, 0.15) is 17.3 Å². The Kier molecular flexibility index (Phi) is 5.38. The maximum atomic E-state index is 11.8. The summed E-state index contributed by atoms with van der Waals surface area (Å²) in [5.74, 6) is 0.00266. The average Bonchev–Trinajstić information content (AvgIpc) is 2.20. The molecule has 0 heterocycles. The smallest absolute Gasteiger partial charge is 0.255 e. The molecule has 0 saturated heterocycles. The van der Waals surface area contributed by atoms with Crippen molar-refractivity contribution in [2.45, 2.75) is 13.0 Å². The summed E-state index contributed by atoms with van der Waals surface area (Å²) in [4.78, 5) is 11.8. The minimum atomic E-state index is -0.957. The molecule has 0 aliphatic rings. The van der Waals surface area contributed by atoms with Crippen LogP contribution in [0.4, 0.5) is 0 Å². The third-order valence-corrected chi connectivity index (χ3v) is 3.71. The quantitative estimate of drug-likeness (QED) is 0.793. The van der Waals surface area contributed by atoms with Crippen molar-refractivity contribution >= 4 is 39.3 Å². The lowest BCUT2D eigenvalue weighted by Crippen LogP contribution is -2.36. The Morgan fingerprint density at radius 1 is 1.59 bits per heavy atom. The van der Waals surface area contributed by atoms with E-state index in [-0.39, 0.29) is 23.3 Å². The first-order valence-electron chi connectivity index (χ1n) is 4.99. The molecule has 0 spiro atoms. The first-order valence-corrected chi connectivity index (χ1v) is 7.80. The summed E-state index contributed by atoms with van der Waals surface area (Å²) in [5.41, 5.74) is 0.241. The van der Waals surface area contributed by atoms with E-state index in [2.05, 4.69) is 27.9 Å². The van der Waals surface area contributed by atoms with Crippen molar-refractivity contribution in [1.29, 1.82) is 0 Å². The Balaban J connectivity index is 2.76. The molecule has 0 aromatic heterocycles. The van der Waals surface area contributed by atoms with Gasteiger partial charge >= 0.3 is 0 Å². The fourth-order valence-corrected chi connectivity index (χ4v) is 2.66. The number of phenolic OH excluding ortho intramolecular Hbond substituents is 1. The molecule has 6 heteroatoms. The van der Waals surface area contributed by atoms with E-state index in [1.807, 2.05) is 0 Å². The van der Waals surface area contributed by atoms with Crippen LogP contribution in [0, 0.1) is 3.57 Å². The molecule has 1 aromatic rings. The number of nitrogens with one attached hydrogen (secondary N) is 1. The van der Waals surface area contributed by atoms with E-state index in [4.69, 9.17) is 0 Å². The molecule has 1 rings (SSSR count). The van der Waals surface area contributed by atoms with Crippen molar-refractivity contribution in [2.75, 3.05) is 12.0 Å². The number of carbonyl (C=O) groups is 1. The van der Waals surface area contributed by atoms with Crippen molar-refractivity contribution in [2.24, 2.45) is 0 Å². The van der Waals surface area contributed by atoms with Gasteiger partial charge in [-0.05, 0) is 47.7 Å². The lowest BCUT2D eigenvalue weighted by molar-refractivity contribution is 0.0941. The number of rotatable bonds is 4. The highest BCUT2D eigenvalue weighted by atomic mass is 127. The molecule has 0 aliphatic heterocycles. The van der Waals surface area contributed by atoms with Crippen LogP contribution in [0.2, 0.25) is 0 Å². The number of hydrogen-bond donors (Lipinski definition) is 2. The van der Waals surface area contributed by atoms with Crippen LogP contribution >= 0.6 is 22.6 Å². The number of hydrogen-bond acceptors (Lipinski definition) is 3. The monoisotopic (exact) mass is 367 g/mol. The van der Waals surface area contributed by atoms with Crippen molar-refractivity contribution < 1.29 is 14.1 Å². The summed E-state index contributed by atoms with van der Waals surface area (Å²) in [5, 5.41) is 12.3. The zero-order chi connectivity index (χ0) is 13.0. The van der Waals surface area contributed by atoms with Gasteiger partial charge in [0.25, 0.3) is 5.91 Å². The second kappa shape index (κ2) is 6.34. The molecule has 0 radical (unpaired) electrons. The summed E-state index contributed by atoms with van der Waals surface area (Å²) in [6, 6.07) is 4.63. The highest BCUT2D eigenvalue weighted by Gasteiger charge is 2.14. The second-order valence-electron chi connectivity index (χ2n) is 3.78. The van der Waals surface area contributed by atoms with Crippen LogP contribution in [0.15, 0.2) is 18.2 Å². The van der Waals surface area contributed by atoms with Gasteiger partial charge in [-0.2, -0.15) is 0 Å². The Hall–Kier alpha value is -0.630. The first kappa shape index (κ1) is 14.4. The van der Waals surface area contributed by atoms with E-state index in [1.165, 1.54) is 6.07 Å². The minimum Gasteiger partial charge on any atom is -0.507 e. The molecule has 2 N–H and O–H groups in total. The van der Waals surface area contributed by atoms with Gasteiger partial charge in [-0.1, -0.05) is 0 Å². The second-order valence-corrected chi connectivity index (χ2v) is 6.50. The number of halogens is 1. The fourth-order valence-electron chi connectivity index (χ4n) is 1.39. The Bertz CT molecular complexity index is 450. The molecule has 94 valence electrons. The van der Waals surface area contributed by atoms with E-state index < -0.39 is 10.8 Å². The molecule has 17 heavy (non-hydrogen) atoms. The average molecular weight is 367 g/mol. The highest BCUT2D eigenvalue weighted by molar-refractivity contribution is 14.1. The lowest BCUT2D eigenvalue weighted by Gasteiger charge is -2.13. The van der Waals surface area contributed by atoms with Crippen molar-refractivity contribution in [1.82, 2.24) is 5.32 Å². The highest BCUT2D eigenvalue weighted by Crippen LogP contribution is 2.19. The minimum absolute atomic E-state index is 0.0484. The van der Waals surface area contributed by atoms with Crippen molar-refractivity contribution in [3.8, 4) is 5.75 Å². The third-order valence-electron chi connectivity index (χ3n) is 2.07.